The number of nitrogens with zero attached hydrogens (tertiary/aromatic N) is 5. The van der Waals surface area contributed by atoms with Gasteiger partial charge in [-0.1, -0.05) is 65.8 Å². The van der Waals surface area contributed by atoms with Crippen LogP contribution in [0.15, 0.2) is 83.3 Å². The standard InChI is InChI=1S/C51H53N5O14S/c1-29-52-35(28-71-29)40(53-70-49(19-21-54(8)22-20-49)45(62)68-47(2,3)4)37(57)23-30-27-64-56(41(30)58)50(46(63)69-48(5,6)7)26-36(44(61)67-50)55-42(59)33-24-38-39(25-34(33)43(55)60)66-51(65-38,31-15-11-9-12-16-31)32-17-13-10-14-18-32/h9-18,24-25,28,30,36H,19-23,26-27H2,1-8H3/b53-40-/t30-,36-,50?/m0/s1. The first-order valence-electron chi connectivity index (χ1n) is 23.2. The van der Waals surface area contributed by atoms with Crippen molar-refractivity contribution in [1.82, 2.24) is 19.8 Å². The minimum absolute atomic E-state index is 0.103. The molecule has 5 aliphatic rings. The Morgan fingerprint density at radius 1 is 0.803 bits per heavy atom. The Morgan fingerprint density at radius 2 is 1.35 bits per heavy atom. The van der Waals surface area contributed by atoms with Gasteiger partial charge in [-0.25, -0.2) is 19.4 Å². The van der Waals surface area contributed by atoms with Gasteiger partial charge in [0, 0.05) is 48.9 Å². The summed E-state index contributed by atoms with van der Waals surface area (Å²) in [5, 5.41) is 7.01. The number of hydrogen-bond acceptors (Lipinski definition) is 18. The summed E-state index contributed by atoms with van der Waals surface area (Å²) in [5.41, 5.74) is -5.27. The van der Waals surface area contributed by atoms with Crippen LogP contribution in [0.2, 0.25) is 0 Å². The fourth-order valence-electron chi connectivity index (χ4n) is 9.01. The second-order valence-electron chi connectivity index (χ2n) is 20.1. The number of likely N-dealkylation sites (tertiary alicyclic amines) is 1. The highest BCUT2D eigenvalue weighted by Crippen LogP contribution is 2.50. The molecule has 3 aromatic carbocycles. The molecule has 9 rings (SSSR count). The van der Waals surface area contributed by atoms with E-state index in [2.05, 4.69) is 10.1 Å². The molecule has 0 spiro atoms. The predicted octanol–water partition coefficient (Wildman–Crippen LogP) is 5.65. The first-order valence-corrected chi connectivity index (χ1v) is 24.0. The number of benzene rings is 3. The van der Waals surface area contributed by atoms with Crippen LogP contribution in [-0.4, -0.2) is 122 Å². The third-order valence-corrected chi connectivity index (χ3v) is 13.3. The number of thiazole rings is 1. The number of oxime groups is 1. The van der Waals surface area contributed by atoms with Crippen molar-refractivity contribution in [3.8, 4) is 11.5 Å². The number of amides is 3. The van der Waals surface area contributed by atoms with Gasteiger partial charge in [0.15, 0.2) is 23.0 Å². The van der Waals surface area contributed by atoms with Crippen LogP contribution in [0.5, 0.6) is 11.5 Å². The SMILES string of the molecule is Cc1nc(/C(=N/OC2(C(=O)OC(C)(C)C)CCN(C)CC2)C(=O)C[C@H]2CON(C3(C(=O)OC(C)(C)C)C[C@H](N4C(=O)c5cc6c(cc5C4=O)OC(c4ccccc4)(c4ccccc4)O6)C(=O)O3)C2=O)cs1. The number of hydroxylamine groups is 2. The molecule has 1 aromatic heterocycles. The maximum atomic E-state index is 14.5. The molecule has 0 N–H and O–H groups in total. The summed E-state index contributed by atoms with van der Waals surface area (Å²) < 4.78 is 30.3. The minimum Gasteiger partial charge on any atom is -0.457 e. The van der Waals surface area contributed by atoms with Crippen LogP contribution in [0, 0.1) is 12.8 Å². The molecule has 4 aromatic rings. The molecule has 19 nitrogen and oxygen atoms in total. The molecule has 372 valence electrons. The Bertz CT molecular complexity index is 2780. The summed E-state index contributed by atoms with van der Waals surface area (Å²) in [5.74, 6) is -8.95. The lowest BCUT2D eigenvalue weighted by atomic mass is 9.91. The topological polar surface area (TPSA) is 219 Å². The molecule has 0 saturated carbocycles. The molecular formula is C51H53N5O14S. The van der Waals surface area contributed by atoms with E-state index in [0.717, 1.165) is 0 Å². The average molecular weight is 992 g/mol. The van der Waals surface area contributed by atoms with E-state index in [-0.39, 0.29) is 46.9 Å². The van der Waals surface area contributed by atoms with Gasteiger partial charge in [0.25, 0.3) is 17.7 Å². The van der Waals surface area contributed by atoms with E-state index in [9.17, 15) is 33.6 Å². The van der Waals surface area contributed by atoms with Crippen LogP contribution in [0.3, 0.4) is 0 Å². The van der Waals surface area contributed by atoms with Crippen LogP contribution in [0.1, 0.15) is 110 Å². The molecule has 20 heteroatoms. The number of esters is 3. The number of Topliss-reactive ketones (excluding diaryl/α,β-unsaturated/α-hetero) is 1. The van der Waals surface area contributed by atoms with E-state index in [1.807, 2.05) is 72.6 Å². The Hall–Kier alpha value is -7.03. The van der Waals surface area contributed by atoms with Crippen molar-refractivity contribution < 1.29 is 66.9 Å². The van der Waals surface area contributed by atoms with Crippen molar-refractivity contribution in [2.75, 3.05) is 26.7 Å². The smallest absolute Gasteiger partial charge is 0.375 e. The largest absolute Gasteiger partial charge is 0.457 e. The molecule has 6 heterocycles. The van der Waals surface area contributed by atoms with Crippen molar-refractivity contribution >= 4 is 58.5 Å². The van der Waals surface area contributed by atoms with E-state index in [4.69, 9.17) is 33.4 Å². The van der Waals surface area contributed by atoms with Crippen molar-refractivity contribution in [2.24, 2.45) is 11.1 Å². The summed E-state index contributed by atoms with van der Waals surface area (Å²) in [6.45, 7) is 12.1. The quantitative estimate of drug-likeness (QED) is 0.0551. The van der Waals surface area contributed by atoms with Gasteiger partial charge in [-0.05, 0) is 67.6 Å². The van der Waals surface area contributed by atoms with Crippen LogP contribution in [0.25, 0.3) is 0 Å². The summed E-state index contributed by atoms with van der Waals surface area (Å²) >= 11 is 1.24. The van der Waals surface area contributed by atoms with Crippen molar-refractivity contribution in [1.29, 1.82) is 0 Å². The van der Waals surface area contributed by atoms with Crippen LogP contribution >= 0.6 is 11.3 Å². The molecule has 0 aliphatic carbocycles. The van der Waals surface area contributed by atoms with Gasteiger partial charge in [-0.15, -0.1) is 11.3 Å². The molecule has 3 fully saturated rings. The first kappa shape index (κ1) is 49.0. The van der Waals surface area contributed by atoms with Gasteiger partial charge in [0.05, 0.1) is 35.1 Å². The van der Waals surface area contributed by atoms with Crippen molar-refractivity contribution in [3.63, 3.8) is 0 Å². The summed E-state index contributed by atoms with van der Waals surface area (Å²) in [6.07, 6.45) is -0.907. The second kappa shape index (κ2) is 18.0. The van der Waals surface area contributed by atoms with Crippen molar-refractivity contribution in [3.05, 3.63) is 111 Å². The first-order chi connectivity index (χ1) is 33.5. The Balaban J connectivity index is 0.974. The molecule has 0 radical (unpaired) electrons. The minimum atomic E-state index is -2.65. The van der Waals surface area contributed by atoms with E-state index in [1.165, 1.54) is 23.5 Å². The summed E-state index contributed by atoms with van der Waals surface area (Å²) in [6, 6.07) is 19.3. The zero-order valence-corrected chi connectivity index (χ0v) is 41.3. The average Bonchev–Trinajstić information content (AvgIpc) is 4.14. The van der Waals surface area contributed by atoms with Gasteiger partial charge in [-0.2, -0.15) is 5.06 Å². The number of piperidine rings is 1. The number of carbonyl (C=O) groups is 7. The number of cyclic esters (lactones) is 1. The number of imide groups is 1. The Kier molecular flexibility index (Phi) is 12.4. The van der Waals surface area contributed by atoms with E-state index >= 15 is 0 Å². The number of ketones is 1. The number of fused-ring (bicyclic) bond motifs is 2. The van der Waals surface area contributed by atoms with Crippen molar-refractivity contribution in [2.45, 2.75) is 109 Å². The van der Waals surface area contributed by atoms with E-state index in [1.54, 1.807) is 53.8 Å². The van der Waals surface area contributed by atoms with E-state index in [0.29, 0.717) is 39.2 Å². The number of aromatic nitrogens is 1. The number of ether oxygens (including phenoxy) is 5. The zero-order chi connectivity index (χ0) is 50.8. The third kappa shape index (κ3) is 9.03. The van der Waals surface area contributed by atoms with Gasteiger partial charge < -0.3 is 33.4 Å². The number of rotatable bonds is 12. The normalized spacial score (nSPS) is 22.9. The second-order valence-corrected chi connectivity index (χ2v) is 21.2. The fraction of sp³-hybridized carbons (Fsp3) is 0.431. The van der Waals surface area contributed by atoms with Gasteiger partial charge >= 0.3 is 29.4 Å². The summed E-state index contributed by atoms with van der Waals surface area (Å²) in [7, 11) is 1.90. The van der Waals surface area contributed by atoms with Crippen LogP contribution < -0.4 is 9.47 Å². The molecule has 0 bridgehead atoms. The highest BCUT2D eigenvalue weighted by molar-refractivity contribution is 7.09. The number of aryl methyl sites for hydroxylation is 1. The maximum absolute atomic E-state index is 14.5. The number of carbonyl (C=O) groups excluding carboxylic acids is 7. The molecule has 1 unspecified atom stereocenters. The molecular weight excluding hydrogens is 939 g/mol. The Morgan fingerprint density at radius 3 is 1.87 bits per heavy atom. The maximum Gasteiger partial charge on any atom is 0.375 e. The lowest BCUT2D eigenvalue weighted by Crippen LogP contribution is -2.57. The van der Waals surface area contributed by atoms with Gasteiger partial charge in [0.1, 0.15) is 22.9 Å². The summed E-state index contributed by atoms with van der Waals surface area (Å²) in [4.78, 5) is 119. The lowest BCUT2D eigenvalue weighted by Gasteiger charge is -2.38. The fourth-order valence-corrected chi connectivity index (χ4v) is 9.61. The van der Waals surface area contributed by atoms with Gasteiger partial charge in [-0.3, -0.25) is 28.9 Å². The Labute approximate surface area is 412 Å². The van der Waals surface area contributed by atoms with Crippen LogP contribution in [0.4, 0.5) is 0 Å². The zero-order valence-electron chi connectivity index (χ0n) is 40.5. The van der Waals surface area contributed by atoms with Gasteiger partial charge in [0.2, 0.25) is 5.60 Å². The molecule has 5 aliphatic heterocycles. The predicted molar refractivity (Wildman–Crippen MR) is 251 cm³/mol. The molecule has 3 saturated heterocycles. The van der Waals surface area contributed by atoms with E-state index < -0.39 is 101 Å². The highest BCUT2D eigenvalue weighted by atomic mass is 32.1. The number of hydrogen-bond donors (Lipinski definition) is 0. The monoisotopic (exact) mass is 991 g/mol. The lowest BCUT2D eigenvalue weighted by molar-refractivity contribution is -0.263. The molecule has 71 heavy (non-hydrogen) atoms. The molecule has 3 atom stereocenters. The molecule has 3 amide bonds. The third-order valence-electron chi connectivity index (χ3n) is 12.6. The van der Waals surface area contributed by atoms with Crippen LogP contribution in [-0.2, 0) is 53.6 Å². The highest BCUT2D eigenvalue weighted by Gasteiger charge is 2.66.